The van der Waals surface area contributed by atoms with Crippen molar-refractivity contribution in [1.29, 1.82) is 0 Å². The highest BCUT2D eigenvalue weighted by molar-refractivity contribution is 5.67. The van der Waals surface area contributed by atoms with Crippen LogP contribution in [0.1, 0.15) is 37.8 Å². The van der Waals surface area contributed by atoms with E-state index in [0.717, 1.165) is 31.5 Å². The first-order valence-corrected chi connectivity index (χ1v) is 6.94. The quantitative estimate of drug-likeness (QED) is 0.788. The summed E-state index contributed by atoms with van der Waals surface area (Å²) in [6.07, 6.45) is 2.13. The fraction of sp³-hybridized carbons (Fsp3) is 0.533. The molecule has 1 saturated heterocycles. The Morgan fingerprint density at radius 3 is 2.60 bits per heavy atom. The van der Waals surface area contributed by atoms with Gasteiger partial charge in [-0.3, -0.25) is 9.69 Å². The maximum Gasteiger partial charge on any atom is 0.303 e. The van der Waals surface area contributed by atoms with E-state index < -0.39 is 5.97 Å². The summed E-state index contributed by atoms with van der Waals surface area (Å²) >= 11 is 0. The smallest absolute Gasteiger partial charge is 0.303 e. The predicted octanol–water partition coefficient (Wildman–Crippen LogP) is 2.35. The Hall–Kier alpha value is -1.75. The van der Waals surface area contributed by atoms with Gasteiger partial charge in [0, 0.05) is 25.1 Å². The molecule has 0 radical (unpaired) electrons. The van der Waals surface area contributed by atoms with Crippen molar-refractivity contribution in [3.63, 3.8) is 0 Å². The number of piperidine rings is 1. The van der Waals surface area contributed by atoms with E-state index in [2.05, 4.69) is 4.90 Å². The molecule has 110 valence electrons. The van der Waals surface area contributed by atoms with Crippen LogP contribution in [0.5, 0.6) is 11.5 Å². The van der Waals surface area contributed by atoms with Gasteiger partial charge in [-0.2, -0.15) is 0 Å². The lowest BCUT2D eigenvalue weighted by Gasteiger charge is -2.36. The summed E-state index contributed by atoms with van der Waals surface area (Å²) in [4.78, 5) is 13.0. The van der Waals surface area contributed by atoms with Crippen LogP contribution in [0.3, 0.4) is 0 Å². The fourth-order valence-electron chi connectivity index (χ4n) is 2.93. The second-order valence-electron chi connectivity index (χ2n) is 5.56. The van der Waals surface area contributed by atoms with E-state index in [0.29, 0.717) is 0 Å². The van der Waals surface area contributed by atoms with Gasteiger partial charge in [-0.1, -0.05) is 0 Å². The highest BCUT2D eigenvalue weighted by atomic mass is 16.4. The first-order valence-electron chi connectivity index (χ1n) is 6.94. The third kappa shape index (κ3) is 3.63. The average Bonchev–Trinajstić information content (AvgIpc) is 2.36. The molecule has 1 aromatic rings. The largest absolute Gasteiger partial charge is 0.508 e. The molecule has 1 fully saturated rings. The monoisotopic (exact) mass is 279 g/mol. The molecule has 20 heavy (non-hydrogen) atoms. The van der Waals surface area contributed by atoms with Crippen LogP contribution in [0.25, 0.3) is 0 Å². The molecule has 5 heteroatoms. The topological polar surface area (TPSA) is 81.0 Å². The molecule has 0 bridgehead atoms. The van der Waals surface area contributed by atoms with Crippen LogP contribution in [-0.4, -0.2) is 39.3 Å². The van der Waals surface area contributed by atoms with Gasteiger partial charge in [0.2, 0.25) is 0 Å². The summed E-state index contributed by atoms with van der Waals surface area (Å²) < 4.78 is 0. The van der Waals surface area contributed by atoms with Gasteiger partial charge in [0.05, 0.1) is 0 Å². The number of hydrogen-bond donors (Lipinski definition) is 3. The summed E-state index contributed by atoms with van der Waals surface area (Å²) in [5, 5.41) is 28.0. The van der Waals surface area contributed by atoms with E-state index in [9.17, 15) is 15.0 Å². The second kappa shape index (κ2) is 6.13. The normalized spacial score (nSPS) is 21.6. The highest BCUT2D eigenvalue weighted by Crippen LogP contribution is 2.31. The summed E-state index contributed by atoms with van der Waals surface area (Å²) in [6, 6.07) is 4.64. The zero-order valence-electron chi connectivity index (χ0n) is 11.6. The average molecular weight is 279 g/mol. The molecule has 0 amide bonds. The lowest BCUT2D eigenvalue weighted by atomic mass is 9.92. The van der Waals surface area contributed by atoms with Crippen LogP contribution in [0.2, 0.25) is 0 Å². The SMILES string of the molecule is CC(c1cc(O)cc(O)c1)N1CCCC(CC(=O)O)C1. The Kier molecular flexibility index (Phi) is 4.49. The third-order valence-electron chi connectivity index (χ3n) is 3.97. The second-order valence-corrected chi connectivity index (χ2v) is 5.56. The van der Waals surface area contributed by atoms with E-state index in [-0.39, 0.29) is 29.9 Å². The maximum atomic E-state index is 10.8. The summed E-state index contributed by atoms with van der Waals surface area (Å²) in [7, 11) is 0. The molecule has 0 spiro atoms. The van der Waals surface area contributed by atoms with Crippen LogP contribution in [-0.2, 0) is 4.79 Å². The number of carboxylic acids is 1. The number of phenols is 2. The minimum atomic E-state index is -0.750. The van der Waals surface area contributed by atoms with E-state index in [4.69, 9.17) is 5.11 Å². The number of aromatic hydroxyl groups is 2. The fourth-order valence-corrected chi connectivity index (χ4v) is 2.93. The van der Waals surface area contributed by atoms with E-state index in [1.165, 1.54) is 6.07 Å². The minimum absolute atomic E-state index is 0.0459. The molecule has 5 nitrogen and oxygen atoms in total. The van der Waals surface area contributed by atoms with Gasteiger partial charge < -0.3 is 15.3 Å². The molecule has 3 N–H and O–H groups in total. The first-order chi connectivity index (χ1) is 9.45. The first kappa shape index (κ1) is 14.7. The van der Waals surface area contributed by atoms with Crippen molar-refractivity contribution >= 4 is 5.97 Å². The van der Waals surface area contributed by atoms with Crippen LogP contribution in [0, 0.1) is 5.92 Å². The summed E-state index contributed by atoms with van der Waals surface area (Å²) in [5.41, 5.74) is 0.846. The van der Waals surface area contributed by atoms with Crippen molar-refractivity contribution in [2.24, 2.45) is 5.92 Å². The van der Waals surface area contributed by atoms with Crippen molar-refractivity contribution in [3.05, 3.63) is 23.8 Å². The number of aliphatic carboxylic acids is 1. The number of hydrogen-bond acceptors (Lipinski definition) is 4. The molecular weight excluding hydrogens is 258 g/mol. The van der Waals surface area contributed by atoms with Crippen molar-refractivity contribution in [3.8, 4) is 11.5 Å². The van der Waals surface area contributed by atoms with Crippen molar-refractivity contribution in [2.45, 2.75) is 32.2 Å². The minimum Gasteiger partial charge on any atom is -0.508 e. The van der Waals surface area contributed by atoms with Gasteiger partial charge in [0.15, 0.2) is 0 Å². The van der Waals surface area contributed by atoms with Gasteiger partial charge in [0.1, 0.15) is 11.5 Å². The number of carboxylic acid groups (broad SMARTS) is 1. The van der Waals surface area contributed by atoms with Crippen molar-refractivity contribution < 1.29 is 20.1 Å². The maximum absolute atomic E-state index is 10.8. The highest BCUT2D eigenvalue weighted by Gasteiger charge is 2.26. The number of likely N-dealkylation sites (tertiary alicyclic amines) is 1. The summed E-state index contributed by atoms with van der Waals surface area (Å²) in [5.74, 6) is -0.481. The Bertz CT molecular complexity index is 469. The molecule has 0 aromatic heterocycles. The molecule has 0 saturated carbocycles. The Labute approximate surface area is 118 Å². The predicted molar refractivity (Wildman–Crippen MR) is 74.7 cm³/mol. The molecule has 1 heterocycles. The van der Waals surface area contributed by atoms with Gasteiger partial charge in [-0.25, -0.2) is 0 Å². The molecule has 2 atom stereocenters. The number of nitrogens with zero attached hydrogens (tertiary/aromatic N) is 1. The summed E-state index contributed by atoms with van der Waals surface area (Å²) in [6.45, 7) is 3.66. The van der Waals surface area contributed by atoms with Crippen LogP contribution < -0.4 is 0 Å². The van der Waals surface area contributed by atoms with Gasteiger partial charge >= 0.3 is 5.97 Å². The molecule has 2 rings (SSSR count). The van der Waals surface area contributed by atoms with Crippen LogP contribution in [0.15, 0.2) is 18.2 Å². The number of benzene rings is 1. The zero-order valence-corrected chi connectivity index (χ0v) is 11.6. The van der Waals surface area contributed by atoms with E-state index in [1.54, 1.807) is 12.1 Å². The number of carbonyl (C=O) groups is 1. The molecular formula is C15H21NO4. The van der Waals surface area contributed by atoms with E-state index >= 15 is 0 Å². The molecule has 2 unspecified atom stereocenters. The molecule has 1 aliphatic rings. The van der Waals surface area contributed by atoms with Gasteiger partial charge in [-0.05, 0) is 49.9 Å². The van der Waals surface area contributed by atoms with Crippen LogP contribution >= 0.6 is 0 Å². The van der Waals surface area contributed by atoms with E-state index in [1.807, 2.05) is 6.92 Å². The Balaban J connectivity index is 2.07. The van der Waals surface area contributed by atoms with Gasteiger partial charge in [-0.15, -0.1) is 0 Å². The number of rotatable bonds is 4. The molecule has 1 aliphatic heterocycles. The lowest BCUT2D eigenvalue weighted by Crippen LogP contribution is -2.37. The standard InChI is InChI=1S/C15H21NO4/c1-10(12-6-13(17)8-14(18)7-12)16-4-2-3-11(9-16)5-15(19)20/h6-8,10-11,17-18H,2-5,9H2,1H3,(H,19,20). The van der Waals surface area contributed by atoms with Gasteiger partial charge in [0.25, 0.3) is 0 Å². The van der Waals surface area contributed by atoms with Crippen molar-refractivity contribution in [2.75, 3.05) is 13.1 Å². The third-order valence-corrected chi connectivity index (χ3v) is 3.97. The molecule has 1 aromatic carbocycles. The number of phenolic OH excluding ortho intramolecular Hbond substituents is 2. The Morgan fingerprint density at radius 1 is 1.35 bits per heavy atom. The van der Waals surface area contributed by atoms with Crippen molar-refractivity contribution in [1.82, 2.24) is 4.90 Å². The van der Waals surface area contributed by atoms with Crippen LogP contribution in [0.4, 0.5) is 0 Å². The molecule has 0 aliphatic carbocycles. The lowest BCUT2D eigenvalue weighted by molar-refractivity contribution is -0.138. The zero-order chi connectivity index (χ0) is 14.7. The Morgan fingerprint density at radius 2 is 2.00 bits per heavy atom.